The molecule has 1 aromatic heterocycles. The van der Waals surface area contributed by atoms with Crippen LogP contribution in [0.15, 0.2) is 24.4 Å². The second-order valence-electron chi connectivity index (χ2n) is 3.04. The van der Waals surface area contributed by atoms with Gasteiger partial charge < -0.3 is 5.73 Å². The largest absolute Gasteiger partial charge is 0.326 e. The van der Waals surface area contributed by atoms with Crippen LogP contribution >= 0.6 is 0 Å². The van der Waals surface area contributed by atoms with Crippen LogP contribution in [0.25, 0.3) is 11.0 Å². The van der Waals surface area contributed by atoms with Gasteiger partial charge in [-0.1, -0.05) is 6.07 Å². The number of nitrogens with two attached hydrogens (primary N) is 1. The zero-order chi connectivity index (χ0) is 9.26. The molecule has 0 unspecified atom stereocenters. The molecular formula is C10H11N3. The van der Waals surface area contributed by atoms with E-state index < -0.39 is 0 Å². The Hall–Kier alpha value is -1.48. The maximum atomic E-state index is 5.53. The molecule has 0 atom stereocenters. The third-order valence-corrected chi connectivity index (χ3v) is 1.96. The van der Waals surface area contributed by atoms with Crippen LogP contribution in [0.5, 0.6) is 0 Å². The third kappa shape index (κ3) is 1.51. The molecule has 0 saturated heterocycles. The van der Waals surface area contributed by atoms with Gasteiger partial charge in [0.15, 0.2) is 0 Å². The Morgan fingerprint density at radius 3 is 2.92 bits per heavy atom. The number of nitrogens with zero attached hydrogens (tertiary/aromatic N) is 2. The molecule has 2 N–H and O–H groups in total. The highest BCUT2D eigenvalue weighted by Gasteiger charge is 1.97. The first kappa shape index (κ1) is 8.13. The summed E-state index contributed by atoms with van der Waals surface area (Å²) in [5.41, 5.74) is 9.39. The number of hydrogen-bond donors (Lipinski definition) is 1. The summed E-state index contributed by atoms with van der Waals surface area (Å²) >= 11 is 0. The van der Waals surface area contributed by atoms with Gasteiger partial charge in [0.25, 0.3) is 0 Å². The maximum Gasteiger partial charge on any atom is 0.0893 e. The molecule has 0 radical (unpaired) electrons. The molecule has 1 aromatic carbocycles. The number of benzene rings is 1. The van der Waals surface area contributed by atoms with E-state index in [9.17, 15) is 0 Å². The first-order valence-corrected chi connectivity index (χ1v) is 4.22. The second kappa shape index (κ2) is 3.11. The molecular weight excluding hydrogens is 162 g/mol. The van der Waals surface area contributed by atoms with E-state index in [1.54, 1.807) is 6.20 Å². The Balaban J connectivity index is 2.68. The van der Waals surface area contributed by atoms with Gasteiger partial charge in [-0.15, -0.1) is 0 Å². The van der Waals surface area contributed by atoms with Crippen molar-refractivity contribution in [1.29, 1.82) is 0 Å². The molecule has 0 spiro atoms. The average Bonchev–Trinajstić information content (AvgIpc) is 2.16. The second-order valence-corrected chi connectivity index (χ2v) is 3.04. The van der Waals surface area contributed by atoms with E-state index in [-0.39, 0.29) is 0 Å². The molecule has 1 heterocycles. The van der Waals surface area contributed by atoms with E-state index in [4.69, 9.17) is 5.73 Å². The fourth-order valence-corrected chi connectivity index (χ4v) is 1.28. The van der Waals surface area contributed by atoms with E-state index >= 15 is 0 Å². The molecule has 0 saturated carbocycles. The monoisotopic (exact) mass is 173 g/mol. The highest BCUT2D eigenvalue weighted by Crippen LogP contribution is 2.11. The number of rotatable bonds is 1. The molecule has 13 heavy (non-hydrogen) atoms. The summed E-state index contributed by atoms with van der Waals surface area (Å²) in [6, 6.07) is 5.91. The van der Waals surface area contributed by atoms with Gasteiger partial charge in [0.2, 0.25) is 0 Å². The minimum Gasteiger partial charge on any atom is -0.326 e. The summed E-state index contributed by atoms with van der Waals surface area (Å²) in [7, 11) is 0. The smallest absolute Gasteiger partial charge is 0.0893 e. The van der Waals surface area contributed by atoms with E-state index in [2.05, 4.69) is 9.97 Å². The number of aromatic nitrogens is 2. The quantitative estimate of drug-likeness (QED) is 0.709. The van der Waals surface area contributed by atoms with Crippen molar-refractivity contribution in [3.05, 3.63) is 35.7 Å². The molecule has 0 aliphatic rings. The van der Waals surface area contributed by atoms with Crippen molar-refractivity contribution < 1.29 is 0 Å². The first-order chi connectivity index (χ1) is 6.29. The molecule has 66 valence electrons. The molecule has 0 fully saturated rings. The maximum absolute atomic E-state index is 5.53. The summed E-state index contributed by atoms with van der Waals surface area (Å²) in [6.45, 7) is 2.48. The number of fused-ring (bicyclic) bond motifs is 1. The molecule has 3 nitrogen and oxygen atoms in total. The lowest BCUT2D eigenvalue weighted by molar-refractivity contribution is 1.07. The van der Waals surface area contributed by atoms with Crippen LogP contribution in [-0.4, -0.2) is 9.97 Å². The topological polar surface area (TPSA) is 51.8 Å². The summed E-state index contributed by atoms with van der Waals surface area (Å²) in [4.78, 5) is 8.62. The minimum atomic E-state index is 0.547. The molecule has 0 bridgehead atoms. The van der Waals surface area contributed by atoms with E-state index in [1.807, 2.05) is 25.1 Å². The fourth-order valence-electron chi connectivity index (χ4n) is 1.28. The highest BCUT2D eigenvalue weighted by molar-refractivity contribution is 5.74. The SMILES string of the molecule is Cc1cnc2ccc(CN)cc2n1. The molecule has 2 rings (SSSR count). The van der Waals surface area contributed by atoms with Gasteiger partial charge in [-0.25, -0.2) is 4.98 Å². The van der Waals surface area contributed by atoms with Gasteiger partial charge in [0.1, 0.15) is 0 Å². The molecule has 0 aliphatic heterocycles. The van der Waals surface area contributed by atoms with Gasteiger partial charge in [0, 0.05) is 12.7 Å². The van der Waals surface area contributed by atoms with Gasteiger partial charge in [-0.3, -0.25) is 4.98 Å². The minimum absolute atomic E-state index is 0.547. The Bertz CT molecular complexity index is 437. The van der Waals surface area contributed by atoms with E-state index in [0.717, 1.165) is 22.3 Å². The van der Waals surface area contributed by atoms with Crippen molar-refractivity contribution in [3.63, 3.8) is 0 Å². The molecule has 0 amide bonds. The summed E-state index contributed by atoms with van der Waals surface area (Å²) in [5.74, 6) is 0. The Morgan fingerprint density at radius 1 is 1.31 bits per heavy atom. The Labute approximate surface area is 76.6 Å². The molecule has 2 aromatic rings. The zero-order valence-corrected chi connectivity index (χ0v) is 7.49. The van der Waals surface area contributed by atoms with Crippen LogP contribution in [0.4, 0.5) is 0 Å². The van der Waals surface area contributed by atoms with Crippen molar-refractivity contribution in [2.45, 2.75) is 13.5 Å². The summed E-state index contributed by atoms with van der Waals surface area (Å²) in [6.07, 6.45) is 1.77. The average molecular weight is 173 g/mol. The third-order valence-electron chi connectivity index (χ3n) is 1.96. The van der Waals surface area contributed by atoms with Gasteiger partial charge in [-0.2, -0.15) is 0 Å². The van der Waals surface area contributed by atoms with Crippen LogP contribution in [0, 0.1) is 6.92 Å². The normalized spacial score (nSPS) is 10.6. The lowest BCUT2D eigenvalue weighted by Crippen LogP contribution is -1.96. The van der Waals surface area contributed by atoms with E-state index in [1.165, 1.54) is 0 Å². The lowest BCUT2D eigenvalue weighted by atomic mass is 10.2. The van der Waals surface area contributed by atoms with Crippen molar-refractivity contribution in [2.24, 2.45) is 5.73 Å². The predicted octanol–water partition coefficient (Wildman–Crippen LogP) is 1.40. The number of aryl methyl sites for hydroxylation is 1. The van der Waals surface area contributed by atoms with E-state index in [0.29, 0.717) is 6.54 Å². The number of hydrogen-bond acceptors (Lipinski definition) is 3. The van der Waals surface area contributed by atoms with Crippen molar-refractivity contribution in [1.82, 2.24) is 9.97 Å². The predicted molar refractivity (Wildman–Crippen MR) is 52.2 cm³/mol. The molecule has 0 aliphatic carbocycles. The Kier molecular flexibility index (Phi) is 1.94. The summed E-state index contributed by atoms with van der Waals surface area (Å²) in [5, 5.41) is 0. The fraction of sp³-hybridized carbons (Fsp3) is 0.200. The van der Waals surface area contributed by atoms with Gasteiger partial charge >= 0.3 is 0 Å². The standard InChI is InChI=1S/C10H11N3/c1-7-6-12-9-3-2-8(5-11)4-10(9)13-7/h2-4,6H,5,11H2,1H3. The first-order valence-electron chi connectivity index (χ1n) is 4.22. The van der Waals surface area contributed by atoms with Gasteiger partial charge in [0.05, 0.1) is 16.7 Å². The van der Waals surface area contributed by atoms with Crippen LogP contribution in [0.2, 0.25) is 0 Å². The zero-order valence-electron chi connectivity index (χ0n) is 7.49. The van der Waals surface area contributed by atoms with Crippen LogP contribution < -0.4 is 5.73 Å². The van der Waals surface area contributed by atoms with Crippen molar-refractivity contribution in [2.75, 3.05) is 0 Å². The molecule has 3 heteroatoms. The van der Waals surface area contributed by atoms with Crippen LogP contribution in [0.1, 0.15) is 11.3 Å². The van der Waals surface area contributed by atoms with Crippen LogP contribution in [0.3, 0.4) is 0 Å². The van der Waals surface area contributed by atoms with Gasteiger partial charge in [-0.05, 0) is 24.6 Å². The van der Waals surface area contributed by atoms with Crippen molar-refractivity contribution >= 4 is 11.0 Å². The van der Waals surface area contributed by atoms with Crippen LogP contribution in [-0.2, 0) is 6.54 Å². The highest BCUT2D eigenvalue weighted by atomic mass is 14.8. The van der Waals surface area contributed by atoms with Crippen molar-refractivity contribution in [3.8, 4) is 0 Å². The Morgan fingerprint density at radius 2 is 2.15 bits per heavy atom. The lowest BCUT2D eigenvalue weighted by Gasteiger charge is -2.00. The summed E-state index contributed by atoms with van der Waals surface area (Å²) < 4.78 is 0.